The molecule has 1 aliphatic rings. The third-order valence-electron chi connectivity index (χ3n) is 2.87. The van der Waals surface area contributed by atoms with E-state index in [0.29, 0.717) is 0 Å². The zero-order chi connectivity index (χ0) is 17.9. The van der Waals surface area contributed by atoms with Crippen molar-refractivity contribution in [2.24, 2.45) is 10.2 Å². The summed E-state index contributed by atoms with van der Waals surface area (Å²) in [6.45, 7) is 1.27. The molecule has 1 heterocycles. The first-order chi connectivity index (χ1) is 11.3. The highest BCUT2D eigenvalue weighted by Gasteiger charge is 2.25. The van der Waals surface area contributed by atoms with E-state index in [1.54, 1.807) is 0 Å². The molecular formula is C14H10ClF2N3O3S. The number of amides is 1. The van der Waals surface area contributed by atoms with Crippen molar-refractivity contribution in [2.75, 3.05) is 7.11 Å². The molecule has 10 heteroatoms. The minimum atomic E-state index is -0.849. The van der Waals surface area contributed by atoms with E-state index < -0.39 is 23.5 Å². The Hall–Kier alpha value is -2.26. The van der Waals surface area contributed by atoms with Crippen LogP contribution in [0, 0.1) is 18.6 Å². The fourth-order valence-electron chi connectivity index (χ4n) is 1.61. The Morgan fingerprint density at radius 1 is 1.46 bits per heavy atom. The van der Waals surface area contributed by atoms with E-state index in [1.165, 1.54) is 14.0 Å². The second-order valence-electron chi connectivity index (χ2n) is 4.43. The molecule has 1 aromatic carbocycles. The van der Waals surface area contributed by atoms with Gasteiger partial charge in [-0.1, -0.05) is 11.6 Å². The van der Waals surface area contributed by atoms with Gasteiger partial charge in [-0.3, -0.25) is 10.1 Å². The van der Waals surface area contributed by atoms with E-state index >= 15 is 0 Å². The van der Waals surface area contributed by atoms with Gasteiger partial charge >= 0.3 is 5.97 Å². The number of hydrogen-bond acceptors (Lipinski definition) is 6. The number of carbonyl (C=O) groups excluding carboxylic acids is 2. The lowest BCUT2D eigenvalue weighted by Gasteiger charge is -2.04. The molecule has 0 radical (unpaired) electrons. The van der Waals surface area contributed by atoms with E-state index in [4.69, 9.17) is 11.6 Å². The summed E-state index contributed by atoms with van der Waals surface area (Å²) in [7, 11) is 1.18. The molecule has 126 valence electrons. The van der Waals surface area contributed by atoms with Gasteiger partial charge in [0.05, 0.1) is 23.3 Å². The normalized spacial score (nSPS) is 17.8. The predicted molar refractivity (Wildman–Crippen MR) is 87.0 cm³/mol. The quantitative estimate of drug-likeness (QED) is 0.382. The van der Waals surface area contributed by atoms with Gasteiger partial charge in [-0.05, 0) is 24.8 Å². The molecule has 1 saturated heterocycles. The summed E-state index contributed by atoms with van der Waals surface area (Å²) in [4.78, 5) is 22.8. The van der Waals surface area contributed by atoms with Crippen molar-refractivity contribution >= 4 is 46.6 Å². The molecule has 1 aromatic rings. The number of nitrogens with one attached hydrogen (secondary N) is 1. The maximum absolute atomic E-state index is 13.9. The van der Waals surface area contributed by atoms with Gasteiger partial charge in [-0.2, -0.15) is 5.10 Å². The Labute approximate surface area is 144 Å². The highest BCUT2D eigenvalue weighted by molar-refractivity contribution is 8.18. The summed E-state index contributed by atoms with van der Waals surface area (Å²) in [5, 5.41) is 9.61. The molecule has 0 spiro atoms. The van der Waals surface area contributed by atoms with Crippen LogP contribution in [0.3, 0.4) is 0 Å². The Bertz CT molecular complexity index is 809. The molecular weight excluding hydrogens is 364 g/mol. The topological polar surface area (TPSA) is 80.1 Å². The first kappa shape index (κ1) is 18.1. The number of nitrogens with zero attached hydrogens (tertiary/aromatic N) is 2. The minimum absolute atomic E-state index is 0.0811. The van der Waals surface area contributed by atoms with Crippen LogP contribution in [0.1, 0.15) is 11.1 Å². The number of thioether (sulfide) groups is 1. The number of halogens is 3. The first-order valence-corrected chi connectivity index (χ1v) is 7.57. The molecule has 6 nitrogen and oxygen atoms in total. The van der Waals surface area contributed by atoms with Gasteiger partial charge in [0.25, 0.3) is 5.91 Å². The molecule has 24 heavy (non-hydrogen) atoms. The number of hydrogen-bond donors (Lipinski definition) is 1. The predicted octanol–water partition coefficient (Wildman–Crippen LogP) is 2.54. The maximum Gasteiger partial charge on any atom is 0.331 e. The van der Waals surface area contributed by atoms with E-state index in [1.807, 2.05) is 0 Å². The van der Waals surface area contributed by atoms with Crippen molar-refractivity contribution < 1.29 is 23.1 Å². The number of benzene rings is 1. The smallest absolute Gasteiger partial charge is 0.331 e. The number of ether oxygens (including phenoxy) is 1. The van der Waals surface area contributed by atoms with Crippen LogP contribution >= 0.6 is 23.4 Å². The summed E-state index contributed by atoms with van der Waals surface area (Å²) in [6, 6.07) is 0.970. The summed E-state index contributed by atoms with van der Waals surface area (Å²) >= 11 is 6.63. The number of amidine groups is 1. The lowest BCUT2D eigenvalue weighted by Crippen LogP contribution is -2.19. The molecule has 2 rings (SSSR count). The molecule has 0 saturated carbocycles. The highest BCUT2D eigenvalue weighted by atomic mass is 35.5. The van der Waals surface area contributed by atoms with Gasteiger partial charge in [-0.15, -0.1) is 5.10 Å². The number of rotatable bonds is 3. The van der Waals surface area contributed by atoms with Crippen molar-refractivity contribution in [3.63, 3.8) is 0 Å². The second kappa shape index (κ2) is 7.54. The molecule has 1 aliphatic heterocycles. The van der Waals surface area contributed by atoms with Crippen LogP contribution in [-0.4, -0.2) is 30.4 Å². The van der Waals surface area contributed by atoms with E-state index in [2.05, 4.69) is 20.3 Å². The van der Waals surface area contributed by atoms with E-state index in [-0.39, 0.29) is 26.2 Å². The molecule has 0 aromatic heterocycles. The molecule has 1 N–H and O–H groups in total. The average molecular weight is 374 g/mol. The summed E-state index contributed by atoms with van der Waals surface area (Å²) in [5.74, 6) is -2.84. The second-order valence-corrected chi connectivity index (χ2v) is 5.87. The lowest BCUT2D eigenvalue weighted by molar-refractivity contribution is -0.135. The van der Waals surface area contributed by atoms with E-state index in [9.17, 15) is 18.4 Å². The van der Waals surface area contributed by atoms with Crippen LogP contribution in [-0.2, 0) is 14.3 Å². The maximum atomic E-state index is 13.9. The molecule has 0 bridgehead atoms. The Morgan fingerprint density at radius 2 is 2.17 bits per heavy atom. The van der Waals surface area contributed by atoms with Crippen LogP contribution in [0.15, 0.2) is 27.3 Å². The summed E-state index contributed by atoms with van der Waals surface area (Å²) < 4.78 is 31.7. The van der Waals surface area contributed by atoms with Gasteiger partial charge in [0.15, 0.2) is 5.17 Å². The van der Waals surface area contributed by atoms with Crippen LogP contribution < -0.4 is 5.32 Å². The fraction of sp³-hybridized carbons (Fsp3) is 0.143. The van der Waals surface area contributed by atoms with Gasteiger partial charge in [0, 0.05) is 17.2 Å². The molecule has 0 aliphatic carbocycles. The SMILES string of the molecule is COC(=O)/C=C1/S/C(=N\N=Cc2c(Cl)cc(F)c(C)c2F)NC1=O. The zero-order valence-electron chi connectivity index (χ0n) is 12.4. The van der Waals surface area contributed by atoms with Gasteiger partial charge in [-0.25, -0.2) is 13.6 Å². The van der Waals surface area contributed by atoms with E-state index in [0.717, 1.165) is 30.1 Å². The Kier molecular flexibility index (Phi) is 5.68. The highest BCUT2D eigenvalue weighted by Crippen LogP contribution is 2.25. The van der Waals surface area contributed by atoms with Gasteiger partial charge in [0.1, 0.15) is 11.6 Å². The zero-order valence-corrected chi connectivity index (χ0v) is 14.0. The number of methoxy groups -OCH3 is 1. The van der Waals surface area contributed by atoms with Crippen LogP contribution in [0.25, 0.3) is 0 Å². The molecule has 0 unspecified atom stereocenters. The number of carbonyl (C=O) groups is 2. The number of esters is 1. The molecule has 1 fully saturated rings. The third-order valence-corrected chi connectivity index (χ3v) is 4.08. The Morgan fingerprint density at radius 3 is 2.83 bits per heavy atom. The van der Waals surface area contributed by atoms with Crippen LogP contribution in [0.5, 0.6) is 0 Å². The monoisotopic (exact) mass is 373 g/mol. The summed E-state index contributed by atoms with van der Waals surface area (Å²) in [5.41, 5.74) is -0.320. The van der Waals surface area contributed by atoms with Crippen molar-refractivity contribution in [2.45, 2.75) is 6.92 Å². The minimum Gasteiger partial charge on any atom is -0.466 e. The van der Waals surface area contributed by atoms with Crippen molar-refractivity contribution in [3.8, 4) is 0 Å². The first-order valence-electron chi connectivity index (χ1n) is 6.37. The van der Waals surface area contributed by atoms with Crippen molar-refractivity contribution in [1.29, 1.82) is 0 Å². The Balaban J connectivity index is 2.19. The molecule has 1 amide bonds. The lowest BCUT2D eigenvalue weighted by atomic mass is 10.1. The van der Waals surface area contributed by atoms with Crippen LogP contribution in [0.2, 0.25) is 5.02 Å². The van der Waals surface area contributed by atoms with Crippen molar-refractivity contribution in [1.82, 2.24) is 5.32 Å². The standard InChI is InChI=1S/C14H10ClF2N3O3S/c1-6-9(16)3-8(15)7(12(6)17)5-18-20-14-19-13(22)10(24-14)4-11(21)23-2/h3-5H,1-2H3,(H,19,20,22)/b10-4+,18-5?. The van der Waals surface area contributed by atoms with Gasteiger partial charge in [0.2, 0.25) is 0 Å². The fourth-order valence-corrected chi connectivity index (χ4v) is 2.57. The largest absolute Gasteiger partial charge is 0.466 e. The van der Waals surface area contributed by atoms with Crippen LogP contribution in [0.4, 0.5) is 8.78 Å². The third kappa shape index (κ3) is 3.98. The van der Waals surface area contributed by atoms with Gasteiger partial charge < -0.3 is 4.74 Å². The van der Waals surface area contributed by atoms with Crippen molar-refractivity contribution in [3.05, 3.63) is 44.8 Å². The summed E-state index contributed by atoms with van der Waals surface area (Å²) in [6.07, 6.45) is 2.01. The average Bonchev–Trinajstić information content (AvgIpc) is 2.88. The molecule has 0 atom stereocenters.